The van der Waals surface area contributed by atoms with Gasteiger partial charge in [0.1, 0.15) is 19.0 Å². The summed E-state index contributed by atoms with van der Waals surface area (Å²) >= 11 is 0. The van der Waals surface area contributed by atoms with Gasteiger partial charge in [-0.25, -0.2) is 0 Å². The molecule has 110 valence electrons. The van der Waals surface area contributed by atoms with Crippen LogP contribution in [0.25, 0.3) is 6.08 Å². The third kappa shape index (κ3) is 4.83. The molecule has 0 saturated carbocycles. The summed E-state index contributed by atoms with van der Waals surface area (Å²) < 4.78 is 10.6. The molecule has 0 bridgehead atoms. The molecule has 2 aromatic rings. The van der Waals surface area contributed by atoms with Crippen molar-refractivity contribution in [2.24, 2.45) is 0 Å². The molecule has 0 heterocycles. The zero-order chi connectivity index (χ0) is 14.9. The average Bonchev–Trinajstić information content (AvgIpc) is 2.55. The lowest BCUT2D eigenvalue weighted by molar-refractivity contribution is -0.104. The van der Waals surface area contributed by atoms with Crippen molar-refractivity contribution in [3.63, 3.8) is 0 Å². The molecule has 3 nitrogen and oxygen atoms in total. The van der Waals surface area contributed by atoms with Crippen molar-refractivity contribution < 1.29 is 14.6 Å². The Bertz CT molecular complexity index is 537. The number of hydrogen-bond acceptors (Lipinski definition) is 3. The molecule has 0 aromatic heterocycles. The van der Waals surface area contributed by atoms with Crippen molar-refractivity contribution in [2.75, 3.05) is 13.9 Å². The fourth-order valence-corrected chi connectivity index (χ4v) is 2.05. The lowest BCUT2D eigenvalue weighted by Gasteiger charge is -2.21. The van der Waals surface area contributed by atoms with Gasteiger partial charge in [0, 0.05) is 7.11 Å². The molecule has 0 saturated heterocycles. The van der Waals surface area contributed by atoms with Crippen molar-refractivity contribution in [1.82, 2.24) is 0 Å². The molecular formula is C18H20O3. The highest BCUT2D eigenvalue weighted by Gasteiger charge is 2.19. The molecule has 0 radical (unpaired) electrons. The molecule has 0 aliphatic heterocycles. The van der Waals surface area contributed by atoms with E-state index >= 15 is 0 Å². The Hall–Kier alpha value is -1.94. The van der Waals surface area contributed by atoms with Crippen LogP contribution in [0.15, 0.2) is 66.7 Å². The summed E-state index contributed by atoms with van der Waals surface area (Å²) in [5, 5.41) is 10.4. The van der Waals surface area contributed by atoms with E-state index in [1.165, 1.54) is 0 Å². The Morgan fingerprint density at radius 1 is 1.00 bits per heavy atom. The van der Waals surface area contributed by atoms with E-state index in [1.54, 1.807) is 13.2 Å². The van der Waals surface area contributed by atoms with E-state index in [0.29, 0.717) is 0 Å². The zero-order valence-electron chi connectivity index (χ0n) is 12.1. The summed E-state index contributed by atoms with van der Waals surface area (Å²) in [5.41, 5.74) is 1.95. The van der Waals surface area contributed by atoms with Crippen LogP contribution in [0.5, 0.6) is 0 Å². The summed E-state index contributed by atoms with van der Waals surface area (Å²) in [6.07, 6.45) is 2.42. The van der Waals surface area contributed by atoms with E-state index in [-0.39, 0.29) is 6.79 Å². The van der Waals surface area contributed by atoms with Gasteiger partial charge < -0.3 is 14.6 Å². The smallest absolute Gasteiger partial charge is 0.147 e. The van der Waals surface area contributed by atoms with Gasteiger partial charge in [-0.1, -0.05) is 72.8 Å². The molecule has 2 atom stereocenters. The van der Waals surface area contributed by atoms with Crippen LogP contribution in [-0.2, 0) is 9.47 Å². The maximum Gasteiger partial charge on any atom is 0.147 e. The largest absolute Gasteiger partial charge is 0.386 e. The first-order valence-electron chi connectivity index (χ1n) is 6.88. The van der Waals surface area contributed by atoms with Crippen molar-refractivity contribution in [1.29, 1.82) is 0 Å². The molecule has 21 heavy (non-hydrogen) atoms. The van der Waals surface area contributed by atoms with Crippen LogP contribution in [0, 0.1) is 0 Å². The van der Waals surface area contributed by atoms with Gasteiger partial charge in [0.05, 0.1) is 0 Å². The van der Waals surface area contributed by atoms with Crippen molar-refractivity contribution in [2.45, 2.75) is 12.2 Å². The minimum absolute atomic E-state index is 0.135. The number of rotatable bonds is 7. The highest BCUT2D eigenvalue weighted by atomic mass is 16.7. The normalized spacial score (nSPS) is 14.2. The van der Waals surface area contributed by atoms with Crippen molar-refractivity contribution in [3.05, 3.63) is 77.9 Å². The summed E-state index contributed by atoms with van der Waals surface area (Å²) in [7, 11) is 1.56. The third-order valence-corrected chi connectivity index (χ3v) is 3.09. The topological polar surface area (TPSA) is 38.7 Å². The molecule has 2 rings (SSSR count). The highest BCUT2D eigenvalue weighted by Crippen LogP contribution is 2.22. The zero-order valence-corrected chi connectivity index (χ0v) is 12.1. The molecular weight excluding hydrogens is 264 g/mol. The van der Waals surface area contributed by atoms with Crippen LogP contribution in [0.2, 0.25) is 0 Å². The number of aliphatic hydroxyl groups is 1. The van der Waals surface area contributed by atoms with Crippen LogP contribution in [-0.4, -0.2) is 25.1 Å². The Balaban J connectivity index is 2.11. The van der Waals surface area contributed by atoms with E-state index in [9.17, 15) is 5.11 Å². The number of methoxy groups -OCH3 is 1. The lowest BCUT2D eigenvalue weighted by Crippen LogP contribution is -2.20. The molecule has 0 aliphatic carbocycles. The van der Waals surface area contributed by atoms with Crippen LogP contribution in [0.1, 0.15) is 17.2 Å². The molecule has 0 spiro atoms. The second-order valence-corrected chi connectivity index (χ2v) is 4.66. The molecule has 1 N–H and O–H groups in total. The number of ether oxygens (including phenoxy) is 2. The SMILES string of the molecule is COCO[C@@H](c1ccccc1)[C@@H](O)/C=C\c1ccccc1. The van der Waals surface area contributed by atoms with Gasteiger partial charge in [-0.2, -0.15) is 0 Å². The Labute approximate surface area is 125 Å². The van der Waals surface area contributed by atoms with E-state index in [2.05, 4.69) is 0 Å². The van der Waals surface area contributed by atoms with Crippen LogP contribution < -0.4 is 0 Å². The predicted molar refractivity (Wildman–Crippen MR) is 83.6 cm³/mol. The molecule has 0 aliphatic rings. The van der Waals surface area contributed by atoms with E-state index in [0.717, 1.165) is 11.1 Å². The fraction of sp³-hybridized carbons (Fsp3) is 0.222. The van der Waals surface area contributed by atoms with Crippen LogP contribution in [0.4, 0.5) is 0 Å². The van der Waals surface area contributed by atoms with E-state index < -0.39 is 12.2 Å². The Morgan fingerprint density at radius 3 is 2.24 bits per heavy atom. The summed E-state index contributed by atoms with van der Waals surface area (Å²) in [6.45, 7) is 0.135. The van der Waals surface area contributed by atoms with Gasteiger partial charge in [0.15, 0.2) is 0 Å². The van der Waals surface area contributed by atoms with Crippen molar-refractivity contribution in [3.8, 4) is 0 Å². The van der Waals surface area contributed by atoms with Gasteiger partial charge in [-0.15, -0.1) is 0 Å². The number of benzene rings is 2. The molecule has 0 amide bonds. The molecule has 3 heteroatoms. The van der Waals surface area contributed by atoms with Gasteiger partial charge >= 0.3 is 0 Å². The fourth-order valence-electron chi connectivity index (χ4n) is 2.05. The monoisotopic (exact) mass is 284 g/mol. The van der Waals surface area contributed by atoms with Gasteiger partial charge in [-0.3, -0.25) is 0 Å². The summed E-state index contributed by atoms with van der Waals surface area (Å²) in [4.78, 5) is 0. The lowest BCUT2D eigenvalue weighted by atomic mass is 10.0. The Morgan fingerprint density at radius 2 is 1.62 bits per heavy atom. The predicted octanol–water partition coefficient (Wildman–Crippen LogP) is 3.42. The Kier molecular flexibility index (Phi) is 6.16. The quantitative estimate of drug-likeness (QED) is 0.792. The van der Waals surface area contributed by atoms with Gasteiger partial charge in [0.25, 0.3) is 0 Å². The second-order valence-electron chi connectivity index (χ2n) is 4.66. The minimum atomic E-state index is -0.747. The van der Waals surface area contributed by atoms with E-state index in [4.69, 9.17) is 9.47 Å². The summed E-state index contributed by atoms with van der Waals surface area (Å²) in [6, 6.07) is 19.5. The first-order valence-corrected chi connectivity index (χ1v) is 6.88. The first kappa shape index (κ1) is 15.4. The maximum absolute atomic E-state index is 10.4. The maximum atomic E-state index is 10.4. The van der Waals surface area contributed by atoms with Gasteiger partial charge in [0.2, 0.25) is 0 Å². The van der Waals surface area contributed by atoms with Gasteiger partial charge in [-0.05, 0) is 11.1 Å². The highest BCUT2D eigenvalue weighted by molar-refractivity contribution is 5.49. The molecule has 2 aromatic carbocycles. The standard InChI is InChI=1S/C18H20O3/c1-20-14-21-18(16-10-6-3-7-11-16)17(19)13-12-15-8-4-2-5-9-15/h2-13,17-19H,14H2,1H3/b13-12-/t17-,18-/m0/s1. The van der Waals surface area contributed by atoms with E-state index in [1.807, 2.05) is 66.7 Å². The number of hydrogen-bond donors (Lipinski definition) is 1. The number of aliphatic hydroxyl groups excluding tert-OH is 1. The van der Waals surface area contributed by atoms with Crippen molar-refractivity contribution >= 4 is 6.08 Å². The van der Waals surface area contributed by atoms with Crippen LogP contribution in [0.3, 0.4) is 0 Å². The first-order chi connectivity index (χ1) is 10.3. The summed E-state index contributed by atoms with van der Waals surface area (Å²) in [5.74, 6) is 0. The molecule has 0 unspecified atom stereocenters. The molecule has 0 fully saturated rings. The van der Waals surface area contributed by atoms with Crippen LogP contribution >= 0.6 is 0 Å². The second kappa shape index (κ2) is 8.37. The average molecular weight is 284 g/mol. The minimum Gasteiger partial charge on any atom is -0.386 e. The third-order valence-electron chi connectivity index (χ3n) is 3.09.